The predicted octanol–water partition coefficient (Wildman–Crippen LogP) is 5.83. The third-order valence-corrected chi connectivity index (χ3v) is 8.19. The van der Waals surface area contributed by atoms with Crippen LogP contribution in [0.3, 0.4) is 0 Å². The van der Waals surface area contributed by atoms with Gasteiger partial charge < -0.3 is 10.6 Å². The van der Waals surface area contributed by atoms with Gasteiger partial charge in [-0.3, -0.25) is 9.89 Å². The molecular formula is C31H53N7. The monoisotopic (exact) mass is 523 g/mol. The number of rotatable bonds is 8. The second-order valence-electron chi connectivity index (χ2n) is 15.3. The van der Waals surface area contributed by atoms with Crippen molar-refractivity contribution < 1.29 is 0 Å². The molecule has 2 unspecified atom stereocenters. The zero-order valence-corrected chi connectivity index (χ0v) is 25.7. The Kier molecular flexibility index (Phi) is 8.06. The van der Waals surface area contributed by atoms with Crippen molar-refractivity contribution in [3.05, 3.63) is 6.92 Å². The Morgan fingerprint density at radius 3 is 2.24 bits per heavy atom. The van der Waals surface area contributed by atoms with E-state index in [1.807, 2.05) is 0 Å². The van der Waals surface area contributed by atoms with Crippen LogP contribution in [0.5, 0.6) is 0 Å². The molecule has 2 saturated heterocycles. The van der Waals surface area contributed by atoms with Crippen LogP contribution < -0.4 is 10.6 Å². The number of amidine groups is 2. The van der Waals surface area contributed by atoms with E-state index in [0.717, 1.165) is 76.0 Å². The van der Waals surface area contributed by atoms with Gasteiger partial charge in [-0.05, 0) is 85.5 Å². The van der Waals surface area contributed by atoms with Crippen LogP contribution in [0.4, 0.5) is 0 Å². The maximum atomic E-state index is 5.06. The van der Waals surface area contributed by atoms with E-state index < -0.39 is 0 Å². The van der Waals surface area contributed by atoms with Crippen LogP contribution in [-0.2, 0) is 0 Å². The highest BCUT2D eigenvalue weighted by Crippen LogP contribution is 2.45. The average molecular weight is 524 g/mol. The molecule has 0 aromatic heterocycles. The highest BCUT2D eigenvalue weighted by molar-refractivity contribution is 6.33. The first-order valence-corrected chi connectivity index (χ1v) is 14.9. The molecule has 0 aromatic carbocycles. The number of nitrogens with one attached hydrogen (secondary N) is 2. The van der Waals surface area contributed by atoms with E-state index >= 15 is 0 Å². The van der Waals surface area contributed by atoms with Crippen LogP contribution in [0.25, 0.3) is 0 Å². The summed E-state index contributed by atoms with van der Waals surface area (Å²) >= 11 is 0. The molecule has 0 aromatic rings. The zero-order valence-electron chi connectivity index (χ0n) is 25.7. The fourth-order valence-corrected chi connectivity index (χ4v) is 7.67. The van der Waals surface area contributed by atoms with Crippen LogP contribution in [0.2, 0.25) is 0 Å². The summed E-state index contributed by atoms with van der Waals surface area (Å²) in [6.07, 6.45) is 12.6. The van der Waals surface area contributed by atoms with Gasteiger partial charge in [-0.15, -0.1) is 0 Å². The zero-order chi connectivity index (χ0) is 28.0. The van der Waals surface area contributed by atoms with Crippen molar-refractivity contribution in [1.29, 1.82) is 0 Å². The normalized spacial score (nSPS) is 29.6. The van der Waals surface area contributed by atoms with Gasteiger partial charge in [-0.2, -0.15) is 9.98 Å². The minimum atomic E-state index is -0.338. The van der Waals surface area contributed by atoms with Gasteiger partial charge in [0.05, 0.1) is 12.3 Å². The summed E-state index contributed by atoms with van der Waals surface area (Å²) in [5.74, 6) is 2.55. The lowest BCUT2D eigenvalue weighted by atomic mass is 9.72. The molecule has 4 aliphatic heterocycles. The van der Waals surface area contributed by atoms with Gasteiger partial charge >= 0.3 is 0 Å². The molecule has 7 nitrogen and oxygen atoms in total. The molecule has 2 atom stereocenters. The second-order valence-corrected chi connectivity index (χ2v) is 15.3. The second kappa shape index (κ2) is 10.4. The Balaban J connectivity index is 1.59. The SMILES string of the molecule is [CH2]CCCC/[C]=N/C1CCN(C2CC(C)(C)NC(C)(C)C2)C2(C1)C1=NC(NC(C)(C)CC(C)(C)C)=NC2=N1. The molecule has 2 bridgehead atoms. The van der Waals surface area contributed by atoms with Gasteiger partial charge in [0.2, 0.25) is 5.96 Å². The van der Waals surface area contributed by atoms with E-state index in [2.05, 4.69) is 91.0 Å². The number of hydrogen-bond donors (Lipinski definition) is 2. The van der Waals surface area contributed by atoms with Crippen molar-refractivity contribution >= 4 is 23.8 Å². The molecule has 4 aliphatic rings. The number of likely N-dealkylation sites (tertiary alicyclic amines) is 1. The minimum Gasteiger partial charge on any atom is -0.349 e. The maximum absolute atomic E-state index is 5.06. The minimum absolute atomic E-state index is 0.0694. The average Bonchev–Trinajstić information content (AvgIpc) is 2.74. The molecule has 2 fully saturated rings. The lowest BCUT2D eigenvalue weighted by molar-refractivity contribution is 0.0148. The van der Waals surface area contributed by atoms with Gasteiger partial charge in [-0.1, -0.05) is 40.5 Å². The van der Waals surface area contributed by atoms with Crippen LogP contribution in [0.15, 0.2) is 20.0 Å². The molecule has 2 N–H and O–H groups in total. The van der Waals surface area contributed by atoms with Crippen molar-refractivity contribution in [1.82, 2.24) is 15.5 Å². The van der Waals surface area contributed by atoms with Crippen molar-refractivity contribution in [3.63, 3.8) is 0 Å². The Bertz CT molecular complexity index is 971. The topological polar surface area (TPSA) is 76.7 Å². The molecular weight excluding hydrogens is 470 g/mol. The van der Waals surface area contributed by atoms with E-state index in [4.69, 9.17) is 20.0 Å². The molecule has 212 valence electrons. The Labute approximate surface area is 232 Å². The number of nitrogens with zero attached hydrogens (tertiary/aromatic N) is 5. The molecule has 0 amide bonds. The summed E-state index contributed by atoms with van der Waals surface area (Å²) in [7, 11) is 0. The third-order valence-electron chi connectivity index (χ3n) is 8.19. The van der Waals surface area contributed by atoms with E-state index in [-0.39, 0.29) is 33.6 Å². The number of hydrogen-bond acceptors (Lipinski definition) is 7. The number of guanidine groups is 1. The summed E-state index contributed by atoms with van der Waals surface area (Å²) in [5.41, 5.74) is -0.0939. The standard InChI is InChI=1S/C31H53N7/c1-11-12-13-14-16-32-22-15-17-38(23-19-28(5,6)37-29(7,8)20-23)31(18-22)24-33-25(31)35-26(34-24)36-30(9,10)21-27(2,3)4/h22-23,37H,1,11-15,17-21H2,2-10H3,(H,33,34,35,36). The molecule has 38 heavy (non-hydrogen) atoms. The lowest BCUT2D eigenvalue weighted by Crippen LogP contribution is -2.74. The number of aliphatic imine (C=N–C) groups is 4. The number of piperidine rings is 2. The highest BCUT2D eigenvalue weighted by atomic mass is 15.4. The van der Waals surface area contributed by atoms with E-state index in [1.54, 1.807) is 0 Å². The van der Waals surface area contributed by atoms with Crippen molar-refractivity contribution in [2.24, 2.45) is 25.4 Å². The summed E-state index contributed by atoms with van der Waals surface area (Å²) in [6, 6.07) is 0.663. The molecule has 1 spiro atoms. The molecule has 0 saturated carbocycles. The van der Waals surface area contributed by atoms with Gasteiger partial charge in [-0.25, -0.2) is 4.99 Å². The third kappa shape index (κ3) is 6.57. The first-order chi connectivity index (χ1) is 17.5. The van der Waals surface area contributed by atoms with Crippen molar-refractivity contribution in [2.75, 3.05) is 6.54 Å². The number of unbranched alkanes of at least 4 members (excludes halogenated alkanes) is 3. The van der Waals surface area contributed by atoms with Crippen LogP contribution in [0.1, 0.15) is 120 Å². The fourth-order valence-electron chi connectivity index (χ4n) is 7.67. The summed E-state index contributed by atoms with van der Waals surface area (Å²) in [6.45, 7) is 25.6. The van der Waals surface area contributed by atoms with Gasteiger partial charge in [0.1, 0.15) is 5.54 Å². The summed E-state index contributed by atoms with van der Waals surface area (Å²) in [4.78, 5) is 22.6. The Hall–Kier alpha value is -1.60. The highest BCUT2D eigenvalue weighted by Gasteiger charge is 2.61. The largest absolute Gasteiger partial charge is 0.349 e. The smallest absolute Gasteiger partial charge is 0.226 e. The molecule has 0 aliphatic carbocycles. The van der Waals surface area contributed by atoms with E-state index in [9.17, 15) is 0 Å². The Morgan fingerprint density at radius 1 is 1.00 bits per heavy atom. The first kappa shape index (κ1) is 29.4. The van der Waals surface area contributed by atoms with Crippen LogP contribution >= 0.6 is 0 Å². The van der Waals surface area contributed by atoms with E-state index in [0.29, 0.717) is 12.0 Å². The first-order valence-electron chi connectivity index (χ1n) is 14.9. The quantitative estimate of drug-likeness (QED) is 0.311. The summed E-state index contributed by atoms with van der Waals surface area (Å²) in [5, 5.41) is 7.49. The van der Waals surface area contributed by atoms with Gasteiger partial charge in [0.25, 0.3) is 0 Å². The van der Waals surface area contributed by atoms with Gasteiger partial charge in [0, 0.05) is 35.6 Å². The fraction of sp³-hybridized carbons (Fsp3) is 0.839. The van der Waals surface area contributed by atoms with Crippen LogP contribution in [0, 0.1) is 12.3 Å². The molecule has 7 heteroatoms. The maximum Gasteiger partial charge on any atom is 0.226 e. The van der Waals surface area contributed by atoms with Crippen LogP contribution in [-0.4, -0.2) is 69.5 Å². The molecule has 2 radical (unpaired) electrons. The lowest BCUT2D eigenvalue weighted by Gasteiger charge is -2.59. The van der Waals surface area contributed by atoms with Crippen molar-refractivity contribution in [3.8, 4) is 0 Å². The van der Waals surface area contributed by atoms with Crippen molar-refractivity contribution in [2.45, 2.75) is 154 Å². The molecule has 4 heterocycles. The van der Waals surface area contributed by atoms with E-state index in [1.165, 1.54) is 0 Å². The summed E-state index contributed by atoms with van der Waals surface area (Å²) < 4.78 is 0. The predicted molar refractivity (Wildman–Crippen MR) is 162 cm³/mol. The van der Waals surface area contributed by atoms with Gasteiger partial charge in [0.15, 0.2) is 11.7 Å². The Morgan fingerprint density at radius 2 is 1.66 bits per heavy atom. The molecule has 4 rings (SSSR count).